The van der Waals surface area contributed by atoms with Crippen LogP contribution < -0.4 is 90.8 Å². The second-order valence-corrected chi connectivity index (χ2v) is 0. The van der Waals surface area contributed by atoms with Crippen molar-refractivity contribution in [2.75, 3.05) is 0 Å². The van der Waals surface area contributed by atoms with Crippen molar-refractivity contribution in [1.29, 1.82) is 0 Å². The van der Waals surface area contributed by atoms with Gasteiger partial charge in [0, 0.05) is 0 Å². The molecule has 0 aliphatic heterocycles. The Balaban J connectivity index is 0. The Morgan fingerprint density at radius 1 is 0.600 bits per heavy atom. The summed E-state index contributed by atoms with van der Waals surface area (Å²) >= 11 is 0. The summed E-state index contributed by atoms with van der Waals surface area (Å²) < 4.78 is 0. The Hall–Kier alpha value is 3.28. The number of halogens is 3. The van der Waals surface area contributed by atoms with Gasteiger partial charge in [-0.15, -0.1) is 0 Å². The molecule has 0 bridgehead atoms. The Bertz CT molecular complexity index is 6.85. The summed E-state index contributed by atoms with van der Waals surface area (Å²) in [6.07, 6.45) is 0. The van der Waals surface area contributed by atoms with Gasteiger partial charge in [0.25, 0.3) is 0 Å². The van der Waals surface area contributed by atoms with Crippen LogP contribution in [0.25, 0.3) is 0 Å². The Kier molecular flexibility index (Phi) is 218. The summed E-state index contributed by atoms with van der Waals surface area (Å²) in [7, 11) is 0. The van der Waals surface area contributed by atoms with E-state index in [0.717, 1.165) is 0 Å². The number of hydrogen-bond acceptors (Lipinski definition) is 0. The molecule has 0 saturated heterocycles. The monoisotopic (exact) mass is 446 g/mol. The van der Waals surface area contributed by atoms with Crippen molar-refractivity contribution in [1.82, 2.24) is 0 Å². The first kappa shape index (κ1) is 40.8. The smallest absolute Gasteiger partial charge is 1.00 e. The van der Waals surface area contributed by atoms with Gasteiger partial charge in [0.15, 0.2) is 0 Å². The van der Waals surface area contributed by atoms with Crippen LogP contribution in [0.1, 0.15) is 0 Å². The van der Waals surface area contributed by atoms with Crippen LogP contribution in [0.3, 0.4) is 0 Å². The van der Waals surface area contributed by atoms with E-state index in [2.05, 4.69) is 0 Å². The van der Waals surface area contributed by atoms with E-state index in [1.807, 2.05) is 0 Å². The molecule has 0 spiro atoms. The van der Waals surface area contributed by atoms with E-state index in [4.69, 9.17) is 0 Å². The summed E-state index contributed by atoms with van der Waals surface area (Å²) in [6.45, 7) is 0. The van der Waals surface area contributed by atoms with Gasteiger partial charge in [0.1, 0.15) is 0 Å². The Labute approximate surface area is 105 Å². The van der Waals surface area contributed by atoms with Crippen LogP contribution in [0.5, 0.6) is 0 Å². The maximum atomic E-state index is 0. The SMILES string of the molecule is [I-].[I-].[I-].[Li+].[Ni+2]. The van der Waals surface area contributed by atoms with Gasteiger partial charge in [-0.1, -0.05) is 0 Å². The van der Waals surface area contributed by atoms with Crippen molar-refractivity contribution >= 4 is 0 Å². The Morgan fingerprint density at radius 2 is 0.600 bits per heavy atom. The molecule has 0 aliphatic rings. The topological polar surface area (TPSA) is 0 Å². The van der Waals surface area contributed by atoms with E-state index >= 15 is 0 Å². The third-order valence-corrected chi connectivity index (χ3v) is 0. The minimum atomic E-state index is 0. The first-order chi connectivity index (χ1) is 0. The summed E-state index contributed by atoms with van der Waals surface area (Å²) in [5, 5.41) is 0. The molecule has 5 heteroatoms. The van der Waals surface area contributed by atoms with Crippen LogP contribution in [-0.2, 0) is 16.5 Å². The summed E-state index contributed by atoms with van der Waals surface area (Å²) in [4.78, 5) is 0. The summed E-state index contributed by atoms with van der Waals surface area (Å²) in [5.41, 5.74) is 0. The van der Waals surface area contributed by atoms with Crippen molar-refractivity contribution in [2.45, 2.75) is 0 Å². The van der Waals surface area contributed by atoms with Crippen LogP contribution >= 0.6 is 0 Å². The molecule has 0 radical (unpaired) electrons. The largest absolute Gasteiger partial charge is 2.00 e. The molecular weight excluding hydrogens is 446 g/mol. The van der Waals surface area contributed by atoms with E-state index in [0.29, 0.717) is 0 Å². The van der Waals surface area contributed by atoms with Gasteiger partial charge in [0.2, 0.25) is 0 Å². The second kappa shape index (κ2) is 26.7. The minimum Gasteiger partial charge on any atom is -1.00 e. The van der Waals surface area contributed by atoms with Gasteiger partial charge in [-0.25, -0.2) is 0 Å². The molecular formula is I3LiNi. The normalized spacial score (nSPS) is 0. The maximum Gasteiger partial charge on any atom is 2.00 e. The standard InChI is InChI=1S/3HI.Li.Ni/h3*1H;;/q;;;+1;+2/p-3. The van der Waals surface area contributed by atoms with Gasteiger partial charge in [-0.3, -0.25) is 0 Å². The van der Waals surface area contributed by atoms with Crippen molar-refractivity contribution in [3.63, 3.8) is 0 Å². The molecule has 0 heterocycles. The van der Waals surface area contributed by atoms with Crippen molar-refractivity contribution in [2.24, 2.45) is 0 Å². The van der Waals surface area contributed by atoms with E-state index in [1.165, 1.54) is 0 Å². The van der Waals surface area contributed by atoms with Gasteiger partial charge in [-0.05, 0) is 0 Å². The fraction of sp³-hybridized carbons (Fsp3) is 0. The molecule has 0 aromatic carbocycles. The Morgan fingerprint density at radius 3 is 0.600 bits per heavy atom. The van der Waals surface area contributed by atoms with E-state index < -0.39 is 0 Å². The fourth-order valence-corrected chi connectivity index (χ4v) is 0. The van der Waals surface area contributed by atoms with Gasteiger partial charge in [0.05, 0.1) is 0 Å². The molecule has 0 aliphatic carbocycles. The maximum absolute atomic E-state index is 0. The van der Waals surface area contributed by atoms with Gasteiger partial charge < -0.3 is 71.9 Å². The van der Waals surface area contributed by atoms with Gasteiger partial charge >= 0.3 is 35.4 Å². The molecule has 0 N–H and O–H groups in total. The molecule has 0 nitrogen and oxygen atoms in total. The zero-order valence-electron chi connectivity index (χ0n) is 2.45. The predicted molar refractivity (Wildman–Crippen MR) is 0 cm³/mol. The van der Waals surface area contributed by atoms with Crippen molar-refractivity contribution < 1.29 is 107 Å². The van der Waals surface area contributed by atoms with Crippen LogP contribution in [0.4, 0.5) is 0 Å². The molecule has 0 unspecified atom stereocenters. The summed E-state index contributed by atoms with van der Waals surface area (Å²) in [5.74, 6) is 0. The van der Waals surface area contributed by atoms with Crippen LogP contribution in [0.15, 0.2) is 0 Å². The third-order valence-electron chi connectivity index (χ3n) is 0. The molecule has 32 valence electrons. The average Bonchev–Trinajstić information content (AvgIpc) is 0. The number of rotatable bonds is 0. The quantitative estimate of drug-likeness (QED) is 0.256. The first-order valence-electron chi connectivity index (χ1n) is 0. The molecule has 0 aromatic rings. The molecule has 0 fully saturated rings. The zero-order valence-corrected chi connectivity index (χ0v) is 9.91. The number of hydrogen-bond donors (Lipinski definition) is 0. The molecule has 0 saturated carbocycles. The van der Waals surface area contributed by atoms with Crippen LogP contribution in [-0.4, -0.2) is 0 Å². The van der Waals surface area contributed by atoms with Crippen LogP contribution in [0, 0.1) is 0 Å². The average molecular weight is 446 g/mol. The molecule has 5 heavy (non-hydrogen) atoms. The second-order valence-electron chi connectivity index (χ2n) is 0. The van der Waals surface area contributed by atoms with Crippen molar-refractivity contribution in [3.8, 4) is 0 Å². The van der Waals surface area contributed by atoms with E-state index in [-0.39, 0.29) is 107 Å². The molecule has 0 amide bonds. The fourth-order valence-electron chi connectivity index (χ4n) is 0. The minimum absolute atomic E-state index is 0. The van der Waals surface area contributed by atoms with Gasteiger partial charge in [-0.2, -0.15) is 0 Å². The molecule has 0 aromatic heterocycles. The molecule has 0 rings (SSSR count). The molecule has 0 atom stereocenters. The first-order valence-corrected chi connectivity index (χ1v) is 0. The van der Waals surface area contributed by atoms with Crippen molar-refractivity contribution in [3.05, 3.63) is 0 Å². The third kappa shape index (κ3) is 18.9. The van der Waals surface area contributed by atoms with Crippen LogP contribution in [0.2, 0.25) is 0 Å². The zero-order chi connectivity index (χ0) is 0. The predicted octanol–water partition coefficient (Wildman–Crippen LogP) is -12.0. The van der Waals surface area contributed by atoms with E-state index in [9.17, 15) is 0 Å². The summed E-state index contributed by atoms with van der Waals surface area (Å²) in [6, 6.07) is 0. The van der Waals surface area contributed by atoms with E-state index in [1.54, 1.807) is 0 Å².